The average Bonchev–Trinajstić information content (AvgIpc) is 3.19. The summed E-state index contributed by atoms with van der Waals surface area (Å²) in [6, 6.07) is 7.42. The van der Waals surface area contributed by atoms with E-state index in [0.29, 0.717) is 12.8 Å². The zero-order valence-electron chi connectivity index (χ0n) is 14.4. The second-order valence-electron chi connectivity index (χ2n) is 6.30. The first-order chi connectivity index (χ1) is 12.3. The minimum atomic E-state index is -3.06. The zero-order chi connectivity index (χ0) is 18.7. The number of rotatable bonds is 6. The van der Waals surface area contributed by atoms with Crippen molar-refractivity contribution in [1.29, 1.82) is 0 Å². The molecule has 2 heterocycles. The van der Waals surface area contributed by atoms with Crippen LogP contribution in [0.1, 0.15) is 17.8 Å². The predicted molar refractivity (Wildman–Crippen MR) is 98.7 cm³/mol. The van der Waals surface area contributed by atoms with Crippen molar-refractivity contribution < 1.29 is 22.7 Å². The van der Waals surface area contributed by atoms with Crippen molar-refractivity contribution in [2.75, 3.05) is 25.2 Å². The fraction of sp³-hybridized carbons (Fsp3) is 0.471. The van der Waals surface area contributed by atoms with Gasteiger partial charge in [0.2, 0.25) is 0 Å². The number of likely N-dealkylation sites (N-methyl/N-ethyl adjacent to an activating group) is 1. The number of para-hydroxylation sites is 1. The van der Waals surface area contributed by atoms with Crippen LogP contribution in [-0.4, -0.2) is 61.4 Å². The van der Waals surface area contributed by atoms with Crippen LogP contribution >= 0.6 is 11.3 Å². The molecule has 0 aliphatic carbocycles. The third-order valence-corrected chi connectivity index (χ3v) is 7.23. The minimum absolute atomic E-state index is 0.0270. The van der Waals surface area contributed by atoms with Gasteiger partial charge < -0.3 is 9.64 Å². The molecule has 1 aliphatic rings. The molecule has 0 N–H and O–H groups in total. The lowest BCUT2D eigenvalue weighted by atomic mass is 10.2. The Morgan fingerprint density at radius 3 is 2.81 bits per heavy atom. The number of fused-ring (bicyclic) bond motifs is 1. The highest BCUT2D eigenvalue weighted by atomic mass is 32.2. The fourth-order valence-corrected chi connectivity index (χ4v) is 5.58. The van der Waals surface area contributed by atoms with Gasteiger partial charge in [-0.15, -0.1) is 11.3 Å². The second-order valence-corrected chi connectivity index (χ2v) is 9.64. The summed E-state index contributed by atoms with van der Waals surface area (Å²) in [6.07, 6.45) is 1.04. The Kier molecular flexibility index (Phi) is 5.57. The maximum atomic E-state index is 12.1. The van der Waals surface area contributed by atoms with E-state index in [1.54, 1.807) is 7.05 Å². The van der Waals surface area contributed by atoms with Gasteiger partial charge in [0.05, 0.1) is 33.2 Å². The number of sulfone groups is 1. The number of nitrogens with zero attached hydrogens (tertiary/aromatic N) is 2. The largest absolute Gasteiger partial charge is 0.456 e. The molecule has 1 unspecified atom stereocenters. The van der Waals surface area contributed by atoms with Crippen LogP contribution in [-0.2, 0) is 30.6 Å². The fourth-order valence-electron chi connectivity index (χ4n) is 2.84. The van der Waals surface area contributed by atoms with Gasteiger partial charge in [0.15, 0.2) is 16.4 Å². The minimum Gasteiger partial charge on any atom is -0.456 e. The van der Waals surface area contributed by atoms with Gasteiger partial charge in [-0.3, -0.25) is 9.59 Å². The number of amides is 1. The van der Waals surface area contributed by atoms with Gasteiger partial charge in [-0.25, -0.2) is 13.4 Å². The maximum absolute atomic E-state index is 12.1. The van der Waals surface area contributed by atoms with E-state index in [2.05, 4.69) is 4.98 Å². The maximum Gasteiger partial charge on any atom is 0.306 e. The van der Waals surface area contributed by atoms with Crippen molar-refractivity contribution in [2.45, 2.75) is 25.3 Å². The van der Waals surface area contributed by atoms with Crippen molar-refractivity contribution in [2.24, 2.45) is 0 Å². The van der Waals surface area contributed by atoms with E-state index in [9.17, 15) is 18.0 Å². The molecule has 9 heteroatoms. The summed E-state index contributed by atoms with van der Waals surface area (Å²) >= 11 is 1.53. The first-order valence-electron chi connectivity index (χ1n) is 8.30. The second kappa shape index (κ2) is 7.71. The molecular formula is C17H20N2O5S2. The molecule has 1 saturated heterocycles. The van der Waals surface area contributed by atoms with Crippen molar-refractivity contribution in [1.82, 2.24) is 9.88 Å². The van der Waals surface area contributed by atoms with Gasteiger partial charge in [-0.05, 0) is 18.6 Å². The monoisotopic (exact) mass is 396 g/mol. The summed E-state index contributed by atoms with van der Waals surface area (Å²) in [6.45, 7) is -0.369. The number of carbonyl (C=O) groups excluding carboxylic acids is 2. The van der Waals surface area contributed by atoms with E-state index >= 15 is 0 Å². The standard InChI is InChI=1S/C17H20N2O5S2/c1-19(12-8-9-26(22,23)11-12)16(20)10-24-17(21)7-6-15-18-13-4-2-3-5-14(13)25-15/h2-5,12H,6-11H2,1H3. The summed E-state index contributed by atoms with van der Waals surface area (Å²) in [5.74, 6) is -0.789. The molecule has 1 fully saturated rings. The molecule has 0 saturated carbocycles. The summed E-state index contributed by atoms with van der Waals surface area (Å²) in [4.78, 5) is 29.8. The van der Waals surface area contributed by atoms with Crippen LogP contribution in [0.2, 0.25) is 0 Å². The average molecular weight is 396 g/mol. The molecule has 7 nitrogen and oxygen atoms in total. The molecule has 0 radical (unpaired) electrons. The molecule has 1 aromatic heterocycles. The third-order valence-electron chi connectivity index (χ3n) is 4.39. The van der Waals surface area contributed by atoms with Crippen LogP contribution in [0.4, 0.5) is 0 Å². The molecule has 0 spiro atoms. The Bertz CT molecular complexity index is 889. The highest BCUT2D eigenvalue weighted by molar-refractivity contribution is 7.91. The van der Waals surface area contributed by atoms with Crippen molar-refractivity contribution in [3.8, 4) is 0 Å². The predicted octanol–water partition coefficient (Wildman–Crippen LogP) is 1.42. The number of aromatic nitrogens is 1. The number of hydrogen-bond acceptors (Lipinski definition) is 7. The molecular weight excluding hydrogens is 376 g/mol. The topological polar surface area (TPSA) is 93.6 Å². The van der Waals surface area contributed by atoms with Gasteiger partial charge >= 0.3 is 5.97 Å². The summed E-state index contributed by atoms with van der Waals surface area (Å²) in [7, 11) is -1.52. The Morgan fingerprint density at radius 1 is 1.35 bits per heavy atom. The lowest BCUT2D eigenvalue weighted by Gasteiger charge is -2.23. The number of benzene rings is 1. The smallest absolute Gasteiger partial charge is 0.306 e. The quantitative estimate of drug-likeness (QED) is 0.686. The normalized spacial score (nSPS) is 18.7. The van der Waals surface area contributed by atoms with Crippen molar-refractivity contribution in [3.63, 3.8) is 0 Å². The van der Waals surface area contributed by atoms with Crippen LogP contribution in [0, 0.1) is 0 Å². The van der Waals surface area contributed by atoms with E-state index in [4.69, 9.17) is 4.74 Å². The van der Waals surface area contributed by atoms with Crippen LogP contribution in [0.25, 0.3) is 10.2 Å². The Labute approximate surface area is 155 Å². The zero-order valence-corrected chi connectivity index (χ0v) is 16.0. The van der Waals surface area contributed by atoms with Crippen molar-refractivity contribution in [3.05, 3.63) is 29.3 Å². The number of esters is 1. The highest BCUT2D eigenvalue weighted by Gasteiger charge is 2.32. The molecule has 2 aromatic rings. The molecule has 1 aromatic carbocycles. The first-order valence-corrected chi connectivity index (χ1v) is 10.9. The number of ether oxygens (including phenoxy) is 1. The number of carbonyl (C=O) groups is 2. The Hall–Kier alpha value is -2.00. The van der Waals surface area contributed by atoms with Gasteiger partial charge in [-0.2, -0.15) is 0 Å². The van der Waals surface area contributed by atoms with E-state index in [-0.39, 0.29) is 36.5 Å². The molecule has 3 rings (SSSR count). The van der Waals surface area contributed by atoms with E-state index < -0.39 is 15.8 Å². The lowest BCUT2D eigenvalue weighted by Crippen LogP contribution is -2.40. The van der Waals surface area contributed by atoms with E-state index in [0.717, 1.165) is 15.2 Å². The first kappa shape index (κ1) is 18.8. The molecule has 26 heavy (non-hydrogen) atoms. The Balaban J connectivity index is 1.44. The SMILES string of the molecule is CN(C(=O)COC(=O)CCc1nc2ccccc2s1)C1CCS(=O)(=O)C1. The van der Waals surface area contributed by atoms with Crippen LogP contribution in [0.5, 0.6) is 0 Å². The van der Waals surface area contributed by atoms with Crippen LogP contribution < -0.4 is 0 Å². The van der Waals surface area contributed by atoms with E-state index in [1.165, 1.54) is 16.2 Å². The third kappa shape index (κ3) is 4.59. The number of aryl methyl sites for hydroxylation is 1. The Morgan fingerprint density at radius 2 is 2.12 bits per heavy atom. The van der Waals surface area contributed by atoms with Crippen LogP contribution in [0.15, 0.2) is 24.3 Å². The van der Waals surface area contributed by atoms with Gasteiger partial charge in [-0.1, -0.05) is 12.1 Å². The van der Waals surface area contributed by atoms with E-state index in [1.807, 2.05) is 24.3 Å². The van der Waals surface area contributed by atoms with Gasteiger partial charge in [0.25, 0.3) is 5.91 Å². The van der Waals surface area contributed by atoms with Gasteiger partial charge in [0.1, 0.15) is 0 Å². The molecule has 1 amide bonds. The molecule has 0 bridgehead atoms. The molecule has 140 valence electrons. The number of thiazole rings is 1. The summed E-state index contributed by atoms with van der Waals surface area (Å²) < 4.78 is 29.1. The van der Waals surface area contributed by atoms with Crippen molar-refractivity contribution >= 4 is 43.3 Å². The summed E-state index contributed by atoms with van der Waals surface area (Å²) in [5, 5.41) is 0.850. The van der Waals surface area contributed by atoms with Gasteiger partial charge in [0, 0.05) is 19.5 Å². The molecule has 1 aliphatic heterocycles. The summed E-state index contributed by atoms with van der Waals surface area (Å²) in [5.41, 5.74) is 0.907. The van der Waals surface area contributed by atoms with Crippen LogP contribution in [0.3, 0.4) is 0 Å². The highest BCUT2D eigenvalue weighted by Crippen LogP contribution is 2.22. The lowest BCUT2D eigenvalue weighted by molar-refractivity contribution is -0.152. The number of hydrogen-bond donors (Lipinski definition) is 0. The molecule has 1 atom stereocenters.